The molecule has 0 bridgehead atoms. The number of rotatable bonds is 6. The van der Waals surface area contributed by atoms with Crippen molar-refractivity contribution in [3.05, 3.63) is 101 Å². The molecule has 0 fully saturated rings. The maximum atomic E-state index is 12.5. The number of nitriles is 1. The van der Waals surface area contributed by atoms with Crippen molar-refractivity contribution in [2.45, 2.75) is 13.5 Å². The molecule has 138 valence electrons. The third-order valence-corrected chi connectivity index (χ3v) is 4.18. The van der Waals surface area contributed by atoms with Crippen LogP contribution < -0.4 is 10.1 Å². The Bertz CT molecular complexity index is 1030. The lowest BCUT2D eigenvalue weighted by Crippen LogP contribution is -2.14. The van der Waals surface area contributed by atoms with Gasteiger partial charge in [-0.25, -0.2) is 0 Å². The first-order valence-electron chi connectivity index (χ1n) is 8.91. The number of ether oxygens (including phenoxy) is 1. The van der Waals surface area contributed by atoms with Crippen molar-refractivity contribution in [1.29, 1.82) is 5.26 Å². The summed E-state index contributed by atoms with van der Waals surface area (Å²) < 4.78 is 5.81. The Morgan fingerprint density at radius 1 is 1.04 bits per heavy atom. The number of hydrogen-bond acceptors (Lipinski definition) is 3. The molecule has 28 heavy (non-hydrogen) atoms. The minimum Gasteiger partial charge on any atom is -0.489 e. The van der Waals surface area contributed by atoms with Gasteiger partial charge >= 0.3 is 0 Å². The monoisotopic (exact) mass is 368 g/mol. The number of aryl methyl sites for hydroxylation is 1. The molecule has 0 saturated heterocycles. The molecular formula is C24H20N2O2. The van der Waals surface area contributed by atoms with Gasteiger partial charge < -0.3 is 10.1 Å². The largest absolute Gasteiger partial charge is 0.489 e. The van der Waals surface area contributed by atoms with Crippen LogP contribution in [0.2, 0.25) is 0 Å². The third-order valence-electron chi connectivity index (χ3n) is 4.18. The Labute approximate surface area is 164 Å². The van der Waals surface area contributed by atoms with E-state index < -0.39 is 5.91 Å². The summed E-state index contributed by atoms with van der Waals surface area (Å²) in [6.07, 6.45) is 1.56. The molecule has 3 rings (SSSR count). The van der Waals surface area contributed by atoms with E-state index in [1.807, 2.05) is 79.7 Å². The zero-order valence-corrected chi connectivity index (χ0v) is 15.6. The fourth-order valence-electron chi connectivity index (χ4n) is 2.65. The third kappa shape index (κ3) is 5.09. The van der Waals surface area contributed by atoms with Gasteiger partial charge in [0.15, 0.2) is 0 Å². The Hall–Kier alpha value is -3.84. The van der Waals surface area contributed by atoms with Crippen molar-refractivity contribution in [1.82, 2.24) is 0 Å². The lowest BCUT2D eigenvalue weighted by atomic mass is 10.1. The van der Waals surface area contributed by atoms with Gasteiger partial charge in [0.05, 0.1) is 0 Å². The van der Waals surface area contributed by atoms with Crippen molar-refractivity contribution < 1.29 is 9.53 Å². The number of anilines is 1. The predicted molar refractivity (Wildman–Crippen MR) is 111 cm³/mol. The van der Waals surface area contributed by atoms with Crippen LogP contribution in [0.1, 0.15) is 16.7 Å². The summed E-state index contributed by atoms with van der Waals surface area (Å²) in [6, 6.07) is 26.6. The van der Waals surface area contributed by atoms with E-state index in [1.54, 1.807) is 18.2 Å². The van der Waals surface area contributed by atoms with Gasteiger partial charge in [0.2, 0.25) is 0 Å². The highest BCUT2D eigenvalue weighted by Gasteiger charge is 2.11. The number of amides is 1. The molecule has 0 aliphatic rings. The highest BCUT2D eigenvalue weighted by molar-refractivity contribution is 6.09. The molecule has 0 saturated carbocycles. The van der Waals surface area contributed by atoms with Crippen LogP contribution in [0.3, 0.4) is 0 Å². The molecule has 0 atom stereocenters. The number of carbonyl (C=O) groups is 1. The second-order valence-electron chi connectivity index (χ2n) is 6.29. The van der Waals surface area contributed by atoms with E-state index >= 15 is 0 Å². The lowest BCUT2D eigenvalue weighted by Gasteiger charge is -2.08. The van der Waals surface area contributed by atoms with Crippen LogP contribution in [-0.2, 0) is 11.4 Å². The van der Waals surface area contributed by atoms with Gasteiger partial charge in [-0.3, -0.25) is 4.79 Å². The maximum absolute atomic E-state index is 12.5. The normalized spacial score (nSPS) is 10.8. The highest BCUT2D eigenvalue weighted by atomic mass is 16.5. The highest BCUT2D eigenvalue weighted by Crippen LogP contribution is 2.19. The van der Waals surface area contributed by atoms with E-state index in [2.05, 4.69) is 5.32 Å². The summed E-state index contributed by atoms with van der Waals surface area (Å²) in [5.41, 5.74) is 3.45. The Morgan fingerprint density at radius 2 is 1.79 bits per heavy atom. The molecule has 1 N–H and O–H groups in total. The van der Waals surface area contributed by atoms with E-state index in [-0.39, 0.29) is 5.57 Å². The van der Waals surface area contributed by atoms with E-state index in [0.717, 1.165) is 16.7 Å². The first-order valence-corrected chi connectivity index (χ1v) is 8.91. The molecule has 0 unspecified atom stereocenters. The van der Waals surface area contributed by atoms with Crippen LogP contribution in [0.5, 0.6) is 5.75 Å². The SMILES string of the molecule is Cc1ccccc1NC(=O)/C(C#N)=C/c1cccc(OCc2ccccc2)c1. The van der Waals surface area contributed by atoms with Crippen LogP contribution in [0.4, 0.5) is 5.69 Å². The van der Waals surface area contributed by atoms with E-state index in [4.69, 9.17) is 4.74 Å². The van der Waals surface area contributed by atoms with Gasteiger partial charge in [-0.05, 0) is 47.9 Å². The number of nitrogens with zero attached hydrogens (tertiary/aromatic N) is 1. The predicted octanol–water partition coefficient (Wildman–Crippen LogP) is 5.12. The topological polar surface area (TPSA) is 62.1 Å². The zero-order chi connectivity index (χ0) is 19.8. The van der Waals surface area contributed by atoms with Gasteiger partial charge in [0.25, 0.3) is 5.91 Å². The lowest BCUT2D eigenvalue weighted by molar-refractivity contribution is -0.112. The number of carbonyl (C=O) groups excluding carboxylic acids is 1. The first kappa shape index (κ1) is 18.9. The molecule has 0 aliphatic carbocycles. The Morgan fingerprint density at radius 3 is 2.54 bits per heavy atom. The van der Waals surface area contributed by atoms with Crippen molar-refractivity contribution in [2.24, 2.45) is 0 Å². The molecule has 4 heteroatoms. The Kier molecular flexibility index (Phi) is 6.22. The summed E-state index contributed by atoms with van der Waals surface area (Å²) in [5, 5.41) is 12.2. The number of hydrogen-bond donors (Lipinski definition) is 1. The quantitative estimate of drug-likeness (QED) is 0.485. The van der Waals surface area contributed by atoms with Crippen molar-refractivity contribution >= 4 is 17.7 Å². The van der Waals surface area contributed by atoms with Crippen molar-refractivity contribution in [3.63, 3.8) is 0 Å². The number of benzene rings is 3. The summed E-state index contributed by atoms with van der Waals surface area (Å²) >= 11 is 0. The van der Waals surface area contributed by atoms with E-state index in [0.29, 0.717) is 18.0 Å². The first-order chi connectivity index (χ1) is 13.7. The zero-order valence-electron chi connectivity index (χ0n) is 15.6. The fourth-order valence-corrected chi connectivity index (χ4v) is 2.65. The maximum Gasteiger partial charge on any atom is 0.266 e. The van der Waals surface area contributed by atoms with E-state index in [9.17, 15) is 10.1 Å². The Balaban J connectivity index is 1.72. The van der Waals surface area contributed by atoms with Crippen molar-refractivity contribution in [3.8, 4) is 11.8 Å². The van der Waals surface area contributed by atoms with Gasteiger partial charge in [-0.1, -0.05) is 60.7 Å². The van der Waals surface area contributed by atoms with Gasteiger partial charge in [-0.2, -0.15) is 5.26 Å². The van der Waals surface area contributed by atoms with E-state index in [1.165, 1.54) is 0 Å². The molecule has 0 aromatic heterocycles. The molecule has 0 radical (unpaired) electrons. The molecule has 3 aromatic carbocycles. The number of nitrogens with one attached hydrogen (secondary N) is 1. The minimum atomic E-state index is -0.438. The van der Waals surface area contributed by atoms with Crippen LogP contribution in [0, 0.1) is 18.3 Å². The van der Waals surface area contributed by atoms with Gasteiger partial charge in [0.1, 0.15) is 24.0 Å². The minimum absolute atomic E-state index is 0.0310. The summed E-state index contributed by atoms with van der Waals surface area (Å²) in [7, 11) is 0. The van der Waals surface area contributed by atoms with Crippen LogP contribution in [0.25, 0.3) is 6.08 Å². The molecule has 0 spiro atoms. The summed E-state index contributed by atoms with van der Waals surface area (Å²) in [5.74, 6) is 0.238. The average Bonchev–Trinajstić information content (AvgIpc) is 2.73. The number of para-hydroxylation sites is 1. The molecule has 4 nitrogen and oxygen atoms in total. The van der Waals surface area contributed by atoms with Crippen molar-refractivity contribution in [2.75, 3.05) is 5.32 Å². The van der Waals surface area contributed by atoms with Crippen LogP contribution >= 0.6 is 0 Å². The molecule has 0 heterocycles. The summed E-state index contributed by atoms with van der Waals surface area (Å²) in [6.45, 7) is 2.35. The second kappa shape index (κ2) is 9.20. The second-order valence-corrected chi connectivity index (χ2v) is 6.29. The smallest absolute Gasteiger partial charge is 0.266 e. The van der Waals surface area contributed by atoms with Gasteiger partial charge in [-0.15, -0.1) is 0 Å². The standard InChI is InChI=1S/C24H20N2O2/c1-18-8-5-6-13-23(18)26-24(27)21(16-25)14-20-11-7-12-22(15-20)28-17-19-9-3-2-4-10-19/h2-15H,17H2,1H3,(H,26,27)/b21-14+. The van der Waals surface area contributed by atoms with Gasteiger partial charge in [0, 0.05) is 5.69 Å². The molecule has 3 aromatic rings. The molecule has 1 amide bonds. The van der Waals surface area contributed by atoms with Crippen LogP contribution in [-0.4, -0.2) is 5.91 Å². The van der Waals surface area contributed by atoms with Crippen LogP contribution in [0.15, 0.2) is 84.4 Å². The average molecular weight is 368 g/mol. The summed E-state index contributed by atoms with van der Waals surface area (Å²) in [4.78, 5) is 12.5. The molecular weight excluding hydrogens is 348 g/mol. The molecule has 0 aliphatic heterocycles. The fraction of sp³-hybridized carbons (Fsp3) is 0.0833.